The Morgan fingerprint density at radius 3 is 2.48 bits per heavy atom. The third-order valence-electron chi connectivity index (χ3n) is 5.66. The van der Waals surface area contributed by atoms with E-state index in [9.17, 15) is 9.90 Å². The average molecular weight is 448 g/mol. The van der Waals surface area contributed by atoms with Crippen LogP contribution in [0, 0.1) is 13.8 Å². The van der Waals surface area contributed by atoms with Crippen LogP contribution in [-0.4, -0.2) is 17.8 Å². The normalized spacial score (nSPS) is 12.2. The van der Waals surface area contributed by atoms with Gasteiger partial charge in [0.05, 0.1) is 0 Å². The zero-order valence-corrected chi connectivity index (χ0v) is 19.4. The number of carbonyl (C=O) groups is 1. The number of anilines is 1. The molecule has 33 heavy (non-hydrogen) atoms. The number of aromatic hydroxyl groups is 1. The Bertz CT molecular complexity index is 1160. The number of ether oxygens (including phenoxy) is 3. The first-order valence-corrected chi connectivity index (χ1v) is 11.1. The molecule has 0 spiro atoms. The zero-order chi connectivity index (χ0) is 23.5. The number of nitrogens with one attached hydrogen (secondary N) is 1. The molecule has 0 fully saturated rings. The first-order chi connectivity index (χ1) is 15.8. The van der Waals surface area contributed by atoms with Crippen LogP contribution in [0.25, 0.3) is 0 Å². The standard InChI is InChI=1S/C27H29NO5/c1-16(2)22-14-21(7-8-23(22)29)33-27-17(3)11-20(12-18(27)4)28-26(30)10-6-19-5-9-24-25(13-19)32-15-31-24/h5,7-9,11-14,16,29H,6,10,15H2,1-4H3,(H,28,30). The van der Waals surface area contributed by atoms with Crippen LogP contribution in [0.5, 0.6) is 28.7 Å². The molecule has 1 amide bonds. The second-order valence-corrected chi connectivity index (χ2v) is 8.65. The minimum absolute atomic E-state index is 0.0553. The maximum Gasteiger partial charge on any atom is 0.231 e. The van der Waals surface area contributed by atoms with Crippen molar-refractivity contribution in [2.45, 2.75) is 46.5 Å². The highest BCUT2D eigenvalue weighted by Crippen LogP contribution is 2.35. The molecule has 0 saturated heterocycles. The van der Waals surface area contributed by atoms with Gasteiger partial charge in [-0.1, -0.05) is 19.9 Å². The number of fused-ring (bicyclic) bond motifs is 1. The maximum absolute atomic E-state index is 12.5. The number of carbonyl (C=O) groups excluding carboxylic acids is 1. The van der Waals surface area contributed by atoms with Crippen molar-refractivity contribution in [3.8, 4) is 28.7 Å². The smallest absolute Gasteiger partial charge is 0.231 e. The van der Waals surface area contributed by atoms with Crippen molar-refractivity contribution >= 4 is 11.6 Å². The van der Waals surface area contributed by atoms with Crippen LogP contribution in [-0.2, 0) is 11.2 Å². The van der Waals surface area contributed by atoms with Crippen molar-refractivity contribution in [2.75, 3.05) is 12.1 Å². The van der Waals surface area contributed by atoms with Crippen molar-refractivity contribution in [3.63, 3.8) is 0 Å². The molecule has 0 unspecified atom stereocenters. The molecule has 0 atom stereocenters. The molecule has 1 heterocycles. The van der Waals surface area contributed by atoms with Gasteiger partial charge in [0.1, 0.15) is 17.2 Å². The molecule has 0 radical (unpaired) electrons. The highest BCUT2D eigenvalue weighted by atomic mass is 16.7. The second kappa shape index (κ2) is 9.45. The topological polar surface area (TPSA) is 77.0 Å². The summed E-state index contributed by atoms with van der Waals surface area (Å²) in [5.74, 6) is 3.28. The fourth-order valence-electron chi connectivity index (χ4n) is 3.94. The van der Waals surface area contributed by atoms with E-state index in [4.69, 9.17) is 14.2 Å². The summed E-state index contributed by atoms with van der Waals surface area (Å²) in [5, 5.41) is 13.0. The quantitative estimate of drug-likeness (QED) is 0.449. The lowest BCUT2D eigenvalue weighted by molar-refractivity contribution is -0.116. The molecule has 3 aromatic rings. The van der Waals surface area contributed by atoms with Gasteiger partial charge in [0.2, 0.25) is 12.7 Å². The highest BCUT2D eigenvalue weighted by Gasteiger charge is 2.15. The SMILES string of the molecule is Cc1cc(NC(=O)CCc2ccc3c(c2)OCO3)cc(C)c1Oc1ccc(O)c(C(C)C)c1. The van der Waals surface area contributed by atoms with Crippen LogP contribution in [0.3, 0.4) is 0 Å². The maximum atomic E-state index is 12.5. The van der Waals surface area contributed by atoms with Crippen LogP contribution in [0.15, 0.2) is 48.5 Å². The van der Waals surface area contributed by atoms with E-state index < -0.39 is 0 Å². The Hall–Kier alpha value is -3.67. The Morgan fingerprint density at radius 1 is 1.03 bits per heavy atom. The van der Waals surface area contributed by atoms with Gasteiger partial charge in [0.25, 0.3) is 0 Å². The summed E-state index contributed by atoms with van der Waals surface area (Å²) < 4.78 is 16.9. The summed E-state index contributed by atoms with van der Waals surface area (Å²) in [6.45, 7) is 8.20. The molecule has 0 aliphatic carbocycles. The molecule has 6 heteroatoms. The van der Waals surface area contributed by atoms with Gasteiger partial charge in [-0.25, -0.2) is 0 Å². The van der Waals surface area contributed by atoms with Gasteiger partial charge in [0, 0.05) is 17.7 Å². The van der Waals surface area contributed by atoms with Crippen molar-refractivity contribution < 1.29 is 24.1 Å². The van der Waals surface area contributed by atoms with Gasteiger partial charge in [-0.2, -0.15) is 0 Å². The molecular weight excluding hydrogens is 418 g/mol. The molecule has 3 aromatic carbocycles. The molecule has 6 nitrogen and oxygen atoms in total. The average Bonchev–Trinajstić information content (AvgIpc) is 3.23. The van der Waals surface area contributed by atoms with Gasteiger partial charge < -0.3 is 24.6 Å². The molecule has 0 saturated carbocycles. The van der Waals surface area contributed by atoms with Crippen LogP contribution < -0.4 is 19.5 Å². The number of hydrogen-bond acceptors (Lipinski definition) is 5. The summed E-state index contributed by atoms with van der Waals surface area (Å²) >= 11 is 0. The number of amides is 1. The predicted molar refractivity (Wildman–Crippen MR) is 128 cm³/mol. The molecular formula is C27H29NO5. The van der Waals surface area contributed by atoms with Crippen molar-refractivity contribution in [1.82, 2.24) is 0 Å². The van der Waals surface area contributed by atoms with E-state index in [1.165, 1.54) is 0 Å². The van der Waals surface area contributed by atoms with E-state index in [2.05, 4.69) is 5.32 Å². The number of phenolic OH excluding ortho intramolecular Hbond substituents is 1. The largest absolute Gasteiger partial charge is 0.508 e. The number of benzene rings is 3. The lowest BCUT2D eigenvalue weighted by Crippen LogP contribution is -2.12. The third kappa shape index (κ3) is 5.22. The lowest BCUT2D eigenvalue weighted by atomic mass is 10.0. The summed E-state index contributed by atoms with van der Waals surface area (Å²) in [7, 11) is 0. The minimum atomic E-state index is -0.0553. The monoisotopic (exact) mass is 447 g/mol. The highest BCUT2D eigenvalue weighted by molar-refractivity contribution is 5.91. The van der Waals surface area contributed by atoms with Crippen molar-refractivity contribution in [2.24, 2.45) is 0 Å². The van der Waals surface area contributed by atoms with E-state index in [0.717, 1.165) is 45.2 Å². The van der Waals surface area contributed by atoms with E-state index in [1.54, 1.807) is 12.1 Å². The Morgan fingerprint density at radius 2 is 1.76 bits per heavy atom. The number of rotatable bonds is 7. The molecule has 2 N–H and O–H groups in total. The van der Waals surface area contributed by atoms with Gasteiger partial charge in [-0.3, -0.25) is 4.79 Å². The predicted octanol–water partition coefficient (Wildman–Crippen LogP) is 6.22. The molecule has 4 rings (SSSR count). The van der Waals surface area contributed by atoms with Crippen molar-refractivity contribution in [3.05, 3.63) is 70.8 Å². The van der Waals surface area contributed by atoms with Crippen LogP contribution >= 0.6 is 0 Å². The Balaban J connectivity index is 1.40. The fourth-order valence-corrected chi connectivity index (χ4v) is 3.94. The zero-order valence-electron chi connectivity index (χ0n) is 19.4. The van der Waals surface area contributed by atoms with Gasteiger partial charge in [-0.05, 0) is 85.3 Å². The van der Waals surface area contributed by atoms with Gasteiger partial charge >= 0.3 is 0 Å². The molecule has 0 bridgehead atoms. The third-order valence-corrected chi connectivity index (χ3v) is 5.66. The Kier molecular flexibility index (Phi) is 6.45. The lowest BCUT2D eigenvalue weighted by Gasteiger charge is -2.16. The number of phenols is 1. The van der Waals surface area contributed by atoms with Gasteiger partial charge in [-0.15, -0.1) is 0 Å². The summed E-state index contributed by atoms with van der Waals surface area (Å²) in [4.78, 5) is 12.5. The summed E-state index contributed by atoms with van der Waals surface area (Å²) in [6, 6.07) is 14.8. The van der Waals surface area contributed by atoms with E-state index in [-0.39, 0.29) is 24.4 Å². The molecule has 172 valence electrons. The molecule has 0 aromatic heterocycles. The first-order valence-electron chi connectivity index (χ1n) is 11.1. The minimum Gasteiger partial charge on any atom is -0.508 e. The fraction of sp³-hybridized carbons (Fsp3) is 0.296. The molecule has 1 aliphatic heterocycles. The van der Waals surface area contributed by atoms with Gasteiger partial charge in [0.15, 0.2) is 11.5 Å². The van der Waals surface area contributed by atoms with Crippen LogP contribution in [0.2, 0.25) is 0 Å². The summed E-state index contributed by atoms with van der Waals surface area (Å²) in [6.07, 6.45) is 0.974. The van der Waals surface area contributed by atoms with E-state index in [0.29, 0.717) is 18.6 Å². The first kappa shape index (κ1) is 22.5. The number of aryl methyl sites for hydroxylation is 3. The second-order valence-electron chi connectivity index (χ2n) is 8.65. The molecule has 1 aliphatic rings. The Labute approximate surface area is 194 Å². The van der Waals surface area contributed by atoms with Crippen LogP contribution in [0.1, 0.15) is 48.4 Å². The van der Waals surface area contributed by atoms with Crippen LogP contribution in [0.4, 0.5) is 5.69 Å². The van der Waals surface area contributed by atoms with E-state index >= 15 is 0 Å². The van der Waals surface area contributed by atoms with E-state index in [1.807, 2.05) is 64.1 Å². The number of hydrogen-bond donors (Lipinski definition) is 2. The van der Waals surface area contributed by atoms with Crippen molar-refractivity contribution in [1.29, 1.82) is 0 Å². The summed E-state index contributed by atoms with van der Waals surface area (Å²) in [5.41, 5.74) is 4.44.